The molecule has 0 bridgehead atoms. The second-order valence-electron chi connectivity index (χ2n) is 6.22. The number of non-ortho nitro benzene ring substituents is 1. The number of nitro groups is 1. The number of nitro benzene ring substituents is 1. The molecule has 0 aliphatic heterocycles. The average Bonchev–Trinajstić information content (AvgIpc) is 3.12. The van der Waals surface area contributed by atoms with E-state index in [1.54, 1.807) is 6.07 Å². The SMILES string of the molecule is O=C(COc1ccc2ccccc2c1)NCc1nc2ccc([N+](=O)[O-])cc2[nH]1. The molecule has 28 heavy (non-hydrogen) atoms. The first kappa shape index (κ1) is 17.5. The molecule has 1 heterocycles. The number of aromatic amines is 1. The number of benzene rings is 3. The van der Waals surface area contributed by atoms with Crippen LogP contribution >= 0.6 is 0 Å². The zero-order chi connectivity index (χ0) is 19.5. The third kappa shape index (κ3) is 3.75. The third-order valence-corrected chi connectivity index (χ3v) is 4.27. The number of nitrogens with one attached hydrogen (secondary N) is 2. The minimum absolute atomic E-state index is 0.0180. The molecular weight excluding hydrogens is 360 g/mol. The van der Waals surface area contributed by atoms with Gasteiger partial charge >= 0.3 is 0 Å². The van der Waals surface area contributed by atoms with Crippen molar-refractivity contribution >= 4 is 33.4 Å². The van der Waals surface area contributed by atoms with Crippen molar-refractivity contribution in [1.82, 2.24) is 15.3 Å². The Morgan fingerprint density at radius 1 is 1.11 bits per heavy atom. The molecule has 0 spiro atoms. The van der Waals surface area contributed by atoms with Crippen LogP contribution < -0.4 is 10.1 Å². The lowest BCUT2D eigenvalue weighted by atomic mass is 10.1. The van der Waals surface area contributed by atoms with Crippen molar-refractivity contribution in [2.75, 3.05) is 6.61 Å². The lowest BCUT2D eigenvalue weighted by Crippen LogP contribution is -2.28. The van der Waals surface area contributed by atoms with E-state index >= 15 is 0 Å². The summed E-state index contributed by atoms with van der Waals surface area (Å²) in [6.07, 6.45) is 0. The van der Waals surface area contributed by atoms with Gasteiger partial charge in [0, 0.05) is 12.1 Å². The Labute approximate surface area is 159 Å². The largest absolute Gasteiger partial charge is 0.484 e. The van der Waals surface area contributed by atoms with Gasteiger partial charge in [0.25, 0.3) is 11.6 Å². The maximum absolute atomic E-state index is 12.0. The standard InChI is InChI=1S/C20H16N4O4/c25-20(12-28-16-7-5-13-3-1-2-4-14(13)9-16)21-11-19-22-17-8-6-15(24(26)27)10-18(17)23-19/h1-10H,11-12H2,(H,21,25)(H,22,23). The van der Waals surface area contributed by atoms with Gasteiger partial charge in [-0.1, -0.05) is 30.3 Å². The van der Waals surface area contributed by atoms with Gasteiger partial charge in [0.1, 0.15) is 11.6 Å². The van der Waals surface area contributed by atoms with Gasteiger partial charge in [0.05, 0.1) is 22.5 Å². The third-order valence-electron chi connectivity index (χ3n) is 4.27. The minimum Gasteiger partial charge on any atom is -0.484 e. The number of hydrogen-bond acceptors (Lipinski definition) is 5. The van der Waals surface area contributed by atoms with Crippen molar-refractivity contribution in [3.8, 4) is 5.75 Å². The molecule has 0 atom stereocenters. The molecule has 1 aromatic heterocycles. The van der Waals surface area contributed by atoms with E-state index in [1.807, 2.05) is 42.5 Å². The van der Waals surface area contributed by atoms with Gasteiger partial charge in [-0.15, -0.1) is 0 Å². The van der Waals surface area contributed by atoms with Crippen LogP contribution in [0.2, 0.25) is 0 Å². The fourth-order valence-electron chi connectivity index (χ4n) is 2.89. The number of rotatable bonds is 6. The molecular formula is C20H16N4O4. The number of ether oxygens (including phenoxy) is 1. The van der Waals surface area contributed by atoms with Crippen LogP contribution in [-0.4, -0.2) is 27.4 Å². The second-order valence-corrected chi connectivity index (χ2v) is 6.22. The lowest BCUT2D eigenvalue weighted by molar-refractivity contribution is -0.384. The summed E-state index contributed by atoms with van der Waals surface area (Å²) in [5, 5.41) is 15.7. The van der Waals surface area contributed by atoms with E-state index in [0.717, 1.165) is 10.8 Å². The predicted molar refractivity (Wildman–Crippen MR) is 104 cm³/mol. The highest BCUT2D eigenvalue weighted by atomic mass is 16.6. The summed E-state index contributed by atoms with van der Waals surface area (Å²) in [5.41, 5.74) is 1.13. The summed E-state index contributed by atoms with van der Waals surface area (Å²) >= 11 is 0. The topological polar surface area (TPSA) is 110 Å². The first-order valence-electron chi connectivity index (χ1n) is 8.60. The fraction of sp³-hybridized carbons (Fsp3) is 0.100. The van der Waals surface area contributed by atoms with Gasteiger partial charge in [0.2, 0.25) is 0 Å². The Bertz CT molecular complexity index is 1190. The van der Waals surface area contributed by atoms with Crippen LogP contribution in [0.5, 0.6) is 5.75 Å². The fourth-order valence-corrected chi connectivity index (χ4v) is 2.89. The maximum atomic E-state index is 12.0. The molecule has 0 saturated heterocycles. The Morgan fingerprint density at radius 3 is 2.75 bits per heavy atom. The number of imidazole rings is 1. The summed E-state index contributed by atoms with van der Waals surface area (Å²) < 4.78 is 5.55. The highest BCUT2D eigenvalue weighted by Crippen LogP contribution is 2.21. The Kier molecular flexibility index (Phi) is 4.59. The van der Waals surface area contributed by atoms with Crippen LogP contribution in [0, 0.1) is 10.1 Å². The zero-order valence-corrected chi connectivity index (χ0v) is 14.7. The van der Waals surface area contributed by atoms with Crippen LogP contribution in [0.25, 0.3) is 21.8 Å². The normalized spacial score (nSPS) is 10.9. The van der Waals surface area contributed by atoms with Gasteiger partial charge < -0.3 is 15.0 Å². The molecule has 0 radical (unpaired) electrons. The molecule has 0 unspecified atom stereocenters. The second kappa shape index (κ2) is 7.36. The lowest BCUT2D eigenvalue weighted by Gasteiger charge is -2.07. The van der Waals surface area contributed by atoms with Gasteiger partial charge in [-0.05, 0) is 29.0 Å². The molecule has 0 aliphatic rings. The molecule has 1 amide bonds. The van der Waals surface area contributed by atoms with Crippen LogP contribution in [0.15, 0.2) is 60.7 Å². The van der Waals surface area contributed by atoms with Gasteiger partial charge in [0.15, 0.2) is 6.61 Å². The number of fused-ring (bicyclic) bond motifs is 2. The van der Waals surface area contributed by atoms with Crippen LogP contribution in [0.1, 0.15) is 5.82 Å². The summed E-state index contributed by atoms with van der Waals surface area (Å²) in [5.74, 6) is 0.832. The van der Waals surface area contributed by atoms with Crippen molar-refractivity contribution in [3.05, 3.63) is 76.6 Å². The number of carbonyl (C=O) groups excluding carboxylic acids is 1. The Hall–Kier alpha value is -3.94. The molecule has 3 aromatic carbocycles. The monoisotopic (exact) mass is 376 g/mol. The van der Waals surface area contributed by atoms with Crippen molar-refractivity contribution in [1.29, 1.82) is 0 Å². The summed E-state index contributed by atoms with van der Waals surface area (Å²) in [7, 11) is 0. The molecule has 4 rings (SSSR count). The van der Waals surface area contributed by atoms with Crippen molar-refractivity contribution in [3.63, 3.8) is 0 Å². The summed E-state index contributed by atoms with van der Waals surface area (Å²) in [6.45, 7) is 0.0480. The molecule has 140 valence electrons. The van der Waals surface area contributed by atoms with E-state index in [2.05, 4.69) is 15.3 Å². The number of carbonyl (C=O) groups is 1. The minimum atomic E-state index is -0.466. The molecule has 4 aromatic rings. The molecule has 0 aliphatic carbocycles. The van der Waals surface area contributed by atoms with Gasteiger partial charge in [-0.2, -0.15) is 0 Å². The number of amides is 1. The predicted octanol–water partition coefficient (Wildman–Crippen LogP) is 3.32. The van der Waals surface area contributed by atoms with E-state index in [1.165, 1.54) is 12.1 Å². The molecule has 2 N–H and O–H groups in total. The zero-order valence-electron chi connectivity index (χ0n) is 14.7. The Morgan fingerprint density at radius 2 is 1.93 bits per heavy atom. The Balaban J connectivity index is 1.34. The molecule has 0 saturated carbocycles. The summed E-state index contributed by atoms with van der Waals surface area (Å²) in [6, 6.07) is 17.9. The van der Waals surface area contributed by atoms with E-state index in [-0.39, 0.29) is 24.7 Å². The van der Waals surface area contributed by atoms with Gasteiger partial charge in [-0.25, -0.2) is 4.98 Å². The van der Waals surface area contributed by atoms with Crippen molar-refractivity contribution in [2.45, 2.75) is 6.54 Å². The first-order valence-corrected chi connectivity index (χ1v) is 8.60. The number of nitrogens with zero attached hydrogens (tertiary/aromatic N) is 2. The highest BCUT2D eigenvalue weighted by molar-refractivity contribution is 5.84. The van der Waals surface area contributed by atoms with E-state index in [0.29, 0.717) is 22.6 Å². The van der Waals surface area contributed by atoms with E-state index < -0.39 is 4.92 Å². The number of H-pyrrole nitrogens is 1. The van der Waals surface area contributed by atoms with Crippen LogP contribution in [0.4, 0.5) is 5.69 Å². The van der Waals surface area contributed by atoms with Crippen LogP contribution in [-0.2, 0) is 11.3 Å². The molecule has 8 nitrogen and oxygen atoms in total. The first-order chi connectivity index (χ1) is 13.6. The molecule has 8 heteroatoms. The number of aromatic nitrogens is 2. The summed E-state index contributed by atoms with van der Waals surface area (Å²) in [4.78, 5) is 29.7. The van der Waals surface area contributed by atoms with Crippen molar-refractivity contribution in [2.24, 2.45) is 0 Å². The maximum Gasteiger partial charge on any atom is 0.271 e. The van der Waals surface area contributed by atoms with Gasteiger partial charge in [-0.3, -0.25) is 14.9 Å². The highest BCUT2D eigenvalue weighted by Gasteiger charge is 2.10. The van der Waals surface area contributed by atoms with Crippen LogP contribution in [0.3, 0.4) is 0 Å². The van der Waals surface area contributed by atoms with E-state index in [4.69, 9.17) is 4.74 Å². The smallest absolute Gasteiger partial charge is 0.271 e. The van der Waals surface area contributed by atoms with Crippen molar-refractivity contribution < 1.29 is 14.5 Å². The molecule has 0 fully saturated rings. The van der Waals surface area contributed by atoms with E-state index in [9.17, 15) is 14.9 Å². The quantitative estimate of drug-likeness (QED) is 0.396. The number of hydrogen-bond donors (Lipinski definition) is 2. The average molecular weight is 376 g/mol.